The molecular weight excluding hydrogens is 256 g/mol. The molecule has 2 rings (SSSR count). The van der Waals surface area contributed by atoms with Crippen molar-refractivity contribution in [3.8, 4) is 0 Å². The first-order valence-corrected chi connectivity index (χ1v) is 6.03. The van der Waals surface area contributed by atoms with Crippen molar-refractivity contribution >= 4 is 17.9 Å². The molecule has 0 radical (unpaired) electrons. The Morgan fingerprint density at radius 1 is 1.15 bits per heavy atom. The lowest BCUT2D eigenvalue weighted by atomic mass is 10.1. The number of benzene rings is 1. The first-order valence-electron chi connectivity index (χ1n) is 6.03. The lowest BCUT2D eigenvalue weighted by Gasteiger charge is -2.14. The van der Waals surface area contributed by atoms with Crippen molar-refractivity contribution in [2.75, 3.05) is 0 Å². The number of hydrogen-bond acceptors (Lipinski definition) is 3. The van der Waals surface area contributed by atoms with Crippen molar-refractivity contribution in [2.45, 2.75) is 6.04 Å². The molecule has 1 unspecified atom stereocenters. The molecule has 0 saturated heterocycles. The zero-order valence-corrected chi connectivity index (χ0v) is 10.7. The van der Waals surface area contributed by atoms with Crippen LogP contribution >= 0.6 is 0 Å². The Labute approximate surface area is 116 Å². The minimum absolute atomic E-state index is 0.422. The molecule has 1 atom stereocenters. The molecule has 0 saturated carbocycles. The van der Waals surface area contributed by atoms with Gasteiger partial charge in [0.05, 0.1) is 6.26 Å². The van der Waals surface area contributed by atoms with Crippen LogP contribution in [0.25, 0.3) is 6.08 Å². The molecular formula is C15H14N2O3. The number of amides is 2. The average molecular weight is 270 g/mol. The van der Waals surface area contributed by atoms with Crippen LogP contribution in [0.15, 0.2) is 59.2 Å². The molecule has 102 valence electrons. The summed E-state index contributed by atoms with van der Waals surface area (Å²) in [5.74, 6) is -0.486. The van der Waals surface area contributed by atoms with Gasteiger partial charge in [0.15, 0.2) is 0 Å². The van der Waals surface area contributed by atoms with Gasteiger partial charge in [0.25, 0.3) is 0 Å². The van der Waals surface area contributed by atoms with Crippen molar-refractivity contribution in [3.05, 3.63) is 66.1 Å². The third-order valence-electron chi connectivity index (χ3n) is 2.65. The van der Waals surface area contributed by atoms with E-state index in [4.69, 9.17) is 10.2 Å². The molecule has 5 nitrogen and oxygen atoms in total. The van der Waals surface area contributed by atoms with Crippen LogP contribution in [-0.4, -0.2) is 11.8 Å². The molecule has 1 heterocycles. The highest BCUT2D eigenvalue weighted by atomic mass is 16.3. The maximum atomic E-state index is 11.8. The Balaban J connectivity index is 2.05. The monoisotopic (exact) mass is 270 g/mol. The Kier molecular flexibility index (Phi) is 4.34. The molecule has 2 aromatic rings. The number of hydrogen-bond donors (Lipinski definition) is 2. The van der Waals surface area contributed by atoms with Gasteiger partial charge in [-0.05, 0) is 23.8 Å². The van der Waals surface area contributed by atoms with Gasteiger partial charge in [-0.3, -0.25) is 9.59 Å². The highest BCUT2D eigenvalue weighted by molar-refractivity contribution is 5.95. The van der Waals surface area contributed by atoms with Gasteiger partial charge in [-0.25, -0.2) is 0 Å². The van der Waals surface area contributed by atoms with Gasteiger partial charge in [0.2, 0.25) is 11.8 Å². The molecule has 0 aliphatic heterocycles. The highest BCUT2D eigenvalue weighted by Gasteiger charge is 2.18. The summed E-state index contributed by atoms with van der Waals surface area (Å²) in [7, 11) is 0. The van der Waals surface area contributed by atoms with Gasteiger partial charge in [-0.1, -0.05) is 30.3 Å². The number of rotatable bonds is 5. The van der Waals surface area contributed by atoms with E-state index in [9.17, 15) is 9.59 Å². The van der Waals surface area contributed by atoms with E-state index >= 15 is 0 Å². The van der Waals surface area contributed by atoms with Gasteiger partial charge in [0.1, 0.15) is 11.8 Å². The van der Waals surface area contributed by atoms with Crippen molar-refractivity contribution in [1.82, 2.24) is 5.32 Å². The SMILES string of the molecule is NC(=O)C(NC(=O)/C=C/c1ccco1)c1ccccc1. The first kappa shape index (κ1) is 13.6. The Morgan fingerprint density at radius 2 is 1.90 bits per heavy atom. The maximum Gasteiger partial charge on any atom is 0.245 e. The zero-order valence-electron chi connectivity index (χ0n) is 10.7. The summed E-state index contributed by atoms with van der Waals surface area (Å²) in [5, 5.41) is 2.55. The lowest BCUT2D eigenvalue weighted by Crippen LogP contribution is -2.36. The van der Waals surface area contributed by atoms with Crippen LogP contribution in [0.4, 0.5) is 0 Å². The number of nitrogens with one attached hydrogen (secondary N) is 1. The van der Waals surface area contributed by atoms with E-state index < -0.39 is 17.9 Å². The van der Waals surface area contributed by atoms with E-state index in [0.717, 1.165) is 0 Å². The smallest absolute Gasteiger partial charge is 0.245 e. The standard InChI is InChI=1S/C15H14N2O3/c16-15(19)14(11-5-2-1-3-6-11)17-13(18)9-8-12-7-4-10-20-12/h1-10,14H,(H2,16,19)(H,17,18)/b9-8+. The molecule has 1 aromatic carbocycles. The normalized spacial score (nSPS) is 12.2. The van der Waals surface area contributed by atoms with E-state index in [1.807, 2.05) is 6.07 Å². The van der Waals surface area contributed by atoms with Crippen LogP contribution in [0, 0.1) is 0 Å². The predicted octanol–water partition coefficient (Wildman–Crippen LogP) is 1.64. The number of carbonyl (C=O) groups is 2. The average Bonchev–Trinajstić information content (AvgIpc) is 2.96. The van der Waals surface area contributed by atoms with Crippen LogP contribution in [0.5, 0.6) is 0 Å². The predicted molar refractivity (Wildman–Crippen MR) is 74.3 cm³/mol. The largest absolute Gasteiger partial charge is 0.465 e. The second-order valence-corrected chi connectivity index (χ2v) is 4.10. The quantitative estimate of drug-likeness (QED) is 0.810. The molecule has 0 fully saturated rings. The summed E-state index contributed by atoms with van der Waals surface area (Å²) in [5.41, 5.74) is 5.95. The minimum atomic E-state index is -0.857. The molecule has 2 amide bonds. The van der Waals surface area contributed by atoms with Crippen LogP contribution in [0.2, 0.25) is 0 Å². The van der Waals surface area contributed by atoms with Crippen LogP contribution in [-0.2, 0) is 9.59 Å². The summed E-state index contributed by atoms with van der Waals surface area (Å²) in [6, 6.07) is 11.4. The third-order valence-corrected chi connectivity index (χ3v) is 2.65. The molecule has 3 N–H and O–H groups in total. The van der Waals surface area contributed by atoms with E-state index in [1.54, 1.807) is 36.4 Å². The molecule has 0 bridgehead atoms. The topological polar surface area (TPSA) is 85.3 Å². The van der Waals surface area contributed by atoms with Gasteiger partial charge >= 0.3 is 0 Å². The van der Waals surface area contributed by atoms with Crippen molar-refractivity contribution in [1.29, 1.82) is 0 Å². The maximum absolute atomic E-state index is 11.8. The van der Waals surface area contributed by atoms with Crippen LogP contribution in [0.3, 0.4) is 0 Å². The fourth-order valence-electron chi connectivity index (χ4n) is 1.70. The molecule has 5 heteroatoms. The minimum Gasteiger partial charge on any atom is -0.465 e. The van der Waals surface area contributed by atoms with E-state index in [1.165, 1.54) is 18.4 Å². The summed E-state index contributed by atoms with van der Waals surface area (Å²) >= 11 is 0. The Bertz CT molecular complexity index is 603. The number of carbonyl (C=O) groups excluding carboxylic acids is 2. The highest BCUT2D eigenvalue weighted by Crippen LogP contribution is 2.12. The summed E-state index contributed by atoms with van der Waals surface area (Å²) in [6.07, 6.45) is 4.31. The molecule has 0 spiro atoms. The summed E-state index contributed by atoms with van der Waals surface area (Å²) in [6.45, 7) is 0. The Hall–Kier alpha value is -2.82. The van der Waals surface area contributed by atoms with Crippen molar-refractivity contribution in [3.63, 3.8) is 0 Å². The molecule has 1 aromatic heterocycles. The van der Waals surface area contributed by atoms with Gasteiger partial charge < -0.3 is 15.5 Å². The van der Waals surface area contributed by atoms with Crippen molar-refractivity contribution in [2.24, 2.45) is 5.73 Å². The lowest BCUT2D eigenvalue weighted by molar-refractivity contribution is -0.125. The Morgan fingerprint density at radius 3 is 2.50 bits per heavy atom. The summed E-state index contributed by atoms with van der Waals surface area (Å²) in [4.78, 5) is 23.2. The second-order valence-electron chi connectivity index (χ2n) is 4.10. The van der Waals surface area contributed by atoms with E-state index in [2.05, 4.69) is 5.32 Å². The molecule has 0 aliphatic rings. The van der Waals surface area contributed by atoms with Gasteiger partial charge in [-0.2, -0.15) is 0 Å². The number of furan rings is 1. The summed E-state index contributed by atoms with van der Waals surface area (Å²) < 4.78 is 5.06. The van der Waals surface area contributed by atoms with Gasteiger partial charge in [0, 0.05) is 6.08 Å². The van der Waals surface area contributed by atoms with Crippen LogP contribution in [0.1, 0.15) is 17.4 Å². The molecule has 20 heavy (non-hydrogen) atoms. The molecule has 0 aliphatic carbocycles. The van der Waals surface area contributed by atoms with Crippen LogP contribution < -0.4 is 11.1 Å². The number of nitrogens with two attached hydrogens (primary N) is 1. The van der Waals surface area contributed by atoms with E-state index in [-0.39, 0.29) is 0 Å². The fourth-order valence-corrected chi connectivity index (χ4v) is 1.70. The fraction of sp³-hybridized carbons (Fsp3) is 0.0667. The first-order chi connectivity index (χ1) is 9.66. The third kappa shape index (κ3) is 3.58. The van der Waals surface area contributed by atoms with Crippen molar-refractivity contribution < 1.29 is 14.0 Å². The van der Waals surface area contributed by atoms with E-state index in [0.29, 0.717) is 11.3 Å². The van der Waals surface area contributed by atoms with Gasteiger partial charge in [-0.15, -0.1) is 0 Å². The second kappa shape index (κ2) is 6.38. The number of primary amides is 1. The zero-order chi connectivity index (χ0) is 14.4.